The molecule has 6 heteroatoms. The van der Waals surface area contributed by atoms with Crippen molar-refractivity contribution in [1.29, 1.82) is 0 Å². The molecule has 0 unspecified atom stereocenters. The molecule has 4 rings (SSSR count). The first-order valence-electron chi connectivity index (χ1n) is 11.3. The van der Waals surface area contributed by atoms with Gasteiger partial charge in [-0.2, -0.15) is 9.61 Å². The quantitative estimate of drug-likeness (QED) is 0.267. The molecule has 0 spiro atoms. The lowest BCUT2D eigenvalue weighted by Crippen LogP contribution is -2.10. The van der Waals surface area contributed by atoms with Gasteiger partial charge in [0, 0.05) is 22.5 Å². The number of nitrogens with one attached hydrogen (secondary N) is 2. The van der Waals surface area contributed by atoms with Crippen LogP contribution >= 0.6 is 11.3 Å². The van der Waals surface area contributed by atoms with Gasteiger partial charge < -0.3 is 10.6 Å². The SMILES string of the molecule is C=C(C)C/C(=C\c1cnn2c(NC3CC3)cc(NCc3cc(C)cs3)nc12)C(=C)C.CC. The van der Waals surface area contributed by atoms with E-state index in [-0.39, 0.29) is 0 Å². The molecule has 1 saturated carbocycles. The molecule has 3 aromatic rings. The molecule has 1 aliphatic rings. The van der Waals surface area contributed by atoms with Crippen LogP contribution in [0.15, 0.2) is 53.6 Å². The third kappa shape index (κ3) is 6.10. The lowest BCUT2D eigenvalue weighted by atomic mass is 10.00. The third-order valence-electron chi connectivity index (χ3n) is 5.03. The van der Waals surface area contributed by atoms with E-state index in [0.717, 1.165) is 52.5 Å². The average molecular weight is 450 g/mol. The molecule has 0 saturated heterocycles. The van der Waals surface area contributed by atoms with E-state index < -0.39 is 0 Å². The monoisotopic (exact) mass is 449 g/mol. The summed E-state index contributed by atoms with van der Waals surface area (Å²) in [5, 5.41) is 13.9. The predicted molar refractivity (Wildman–Crippen MR) is 140 cm³/mol. The highest BCUT2D eigenvalue weighted by atomic mass is 32.1. The Balaban J connectivity index is 0.00000141. The van der Waals surface area contributed by atoms with E-state index in [9.17, 15) is 0 Å². The van der Waals surface area contributed by atoms with Gasteiger partial charge in [-0.15, -0.1) is 11.3 Å². The van der Waals surface area contributed by atoms with Gasteiger partial charge in [0.05, 0.1) is 12.7 Å². The third-order valence-corrected chi connectivity index (χ3v) is 6.08. The van der Waals surface area contributed by atoms with Crippen LogP contribution in [0.4, 0.5) is 11.6 Å². The maximum absolute atomic E-state index is 4.89. The Morgan fingerprint density at radius 3 is 2.59 bits per heavy atom. The smallest absolute Gasteiger partial charge is 0.166 e. The molecular weight excluding hydrogens is 414 g/mol. The molecule has 5 nitrogen and oxygen atoms in total. The maximum atomic E-state index is 4.89. The van der Waals surface area contributed by atoms with Crippen molar-refractivity contribution in [3.05, 3.63) is 69.6 Å². The molecule has 2 N–H and O–H groups in total. The molecule has 1 aliphatic carbocycles. The van der Waals surface area contributed by atoms with Crippen molar-refractivity contribution in [1.82, 2.24) is 14.6 Å². The van der Waals surface area contributed by atoms with Crippen LogP contribution in [0.3, 0.4) is 0 Å². The summed E-state index contributed by atoms with van der Waals surface area (Å²) in [6.45, 7) is 19.1. The van der Waals surface area contributed by atoms with Gasteiger partial charge in [-0.05, 0) is 68.7 Å². The number of aromatic nitrogens is 3. The second kappa shape index (κ2) is 10.6. The summed E-state index contributed by atoms with van der Waals surface area (Å²) < 4.78 is 1.90. The average Bonchev–Trinajstić information content (AvgIpc) is 3.33. The highest BCUT2D eigenvalue weighted by molar-refractivity contribution is 7.10. The van der Waals surface area contributed by atoms with E-state index in [1.54, 1.807) is 11.3 Å². The zero-order valence-electron chi connectivity index (χ0n) is 20.0. The van der Waals surface area contributed by atoms with Crippen LogP contribution in [-0.4, -0.2) is 20.6 Å². The van der Waals surface area contributed by atoms with Crippen molar-refractivity contribution in [2.24, 2.45) is 0 Å². The molecule has 0 aliphatic heterocycles. The summed E-state index contributed by atoms with van der Waals surface area (Å²) in [7, 11) is 0. The van der Waals surface area contributed by atoms with Crippen molar-refractivity contribution in [2.75, 3.05) is 10.6 Å². The largest absolute Gasteiger partial charge is 0.367 e. The highest BCUT2D eigenvalue weighted by Gasteiger charge is 2.23. The van der Waals surface area contributed by atoms with E-state index >= 15 is 0 Å². The molecule has 1 fully saturated rings. The van der Waals surface area contributed by atoms with Gasteiger partial charge in [0.15, 0.2) is 5.65 Å². The number of aryl methyl sites for hydroxylation is 1. The van der Waals surface area contributed by atoms with E-state index in [4.69, 9.17) is 4.98 Å². The Hall–Kier alpha value is -2.86. The van der Waals surface area contributed by atoms with Gasteiger partial charge in [-0.1, -0.05) is 38.2 Å². The first-order valence-corrected chi connectivity index (χ1v) is 12.2. The number of hydrogen-bond donors (Lipinski definition) is 2. The van der Waals surface area contributed by atoms with Crippen LogP contribution < -0.4 is 10.6 Å². The number of thiophene rings is 1. The number of anilines is 2. The van der Waals surface area contributed by atoms with Gasteiger partial charge in [0.25, 0.3) is 0 Å². The Morgan fingerprint density at radius 1 is 1.25 bits per heavy atom. The number of allylic oxidation sites excluding steroid dienone is 3. The summed E-state index contributed by atoms with van der Waals surface area (Å²) in [5.41, 5.74) is 6.43. The minimum atomic E-state index is 0.529. The predicted octanol–water partition coefficient (Wildman–Crippen LogP) is 7.24. The molecule has 0 radical (unpaired) electrons. The van der Waals surface area contributed by atoms with Gasteiger partial charge in [-0.25, -0.2) is 4.98 Å². The van der Waals surface area contributed by atoms with Crippen LogP contribution in [0, 0.1) is 6.92 Å². The normalized spacial score (nSPS) is 13.5. The molecule has 3 heterocycles. The van der Waals surface area contributed by atoms with Gasteiger partial charge in [0.2, 0.25) is 0 Å². The van der Waals surface area contributed by atoms with Crippen molar-refractivity contribution < 1.29 is 0 Å². The van der Waals surface area contributed by atoms with Crippen LogP contribution in [0.1, 0.15) is 63.0 Å². The molecule has 32 heavy (non-hydrogen) atoms. The lowest BCUT2D eigenvalue weighted by Gasteiger charge is -2.11. The number of fused-ring (bicyclic) bond motifs is 1. The second-order valence-corrected chi connectivity index (χ2v) is 9.30. The first kappa shape index (κ1) is 23.8. The van der Waals surface area contributed by atoms with E-state index in [1.807, 2.05) is 38.4 Å². The Kier molecular flexibility index (Phi) is 7.91. The Bertz CT molecular complexity index is 1130. The van der Waals surface area contributed by atoms with Gasteiger partial charge in [0.1, 0.15) is 11.6 Å². The fraction of sp³-hybridized carbons (Fsp3) is 0.385. The van der Waals surface area contributed by atoms with Crippen molar-refractivity contribution in [3.63, 3.8) is 0 Å². The van der Waals surface area contributed by atoms with Crippen molar-refractivity contribution in [2.45, 2.75) is 66.5 Å². The minimum absolute atomic E-state index is 0.529. The second-order valence-electron chi connectivity index (χ2n) is 8.31. The summed E-state index contributed by atoms with van der Waals surface area (Å²) in [5.74, 6) is 1.83. The highest BCUT2D eigenvalue weighted by Crippen LogP contribution is 2.29. The first-order chi connectivity index (χ1) is 15.4. The molecule has 0 aromatic carbocycles. The molecule has 0 atom stereocenters. The Labute approximate surface area is 196 Å². The summed E-state index contributed by atoms with van der Waals surface area (Å²) in [4.78, 5) is 6.19. The van der Waals surface area contributed by atoms with Crippen LogP contribution in [0.25, 0.3) is 11.7 Å². The van der Waals surface area contributed by atoms with Crippen LogP contribution in [0.5, 0.6) is 0 Å². The van der Waals surface area contributed by atoms with Crippen LogP contribution in [0.2, 0.25) is 0 Å². The topological polar surface area (TPSA) is 54.2 Å². The molecule has 170 valence electrons. The number of hydrogen-bond acceptors (Lipinski definition) is 5. The number of nitrogens with zero attached hydrogens (tertiary/aromatic N) is 3. The molecule has 0 bridgehead atoms. The van der Waals surface area contributed by atoms with E-state index in [1.165, 1.54) is 23.3 Å². The Morgan fingerprint density at radius 2 is 2.00 bits per heavy atom. The molecular formula is C26H35N5S. The lowest BCUT2D eigenvalue weighted by molar-refractivity contribution is 0.922. The minimum Gasteiger partial charge on any atom is -0.367 e. The fourth-order valence-electron chi connectivity index (χ4n) is 3.31. The standard InChI is InChI=1S/C24H29N5S.C2H6/c1-15(2)8-18(16(3)4)10-19-12-26-29-23(27-20-6-7-20)11-22(28-24(19)29)25-13-21-9-17(5)14-30-21;1-2/h9-12,14,20,27H,1,3,6-8,13H2,2,4-5H3,(H,25,28);1-2H3/b18-10+;. The van der Waals surface area contributed by atoms with Gasteiger partial charge >= 0.3 is 0 Å². The van der Waals surface area contributed by atoms with Crippen LogP contribution in [-0.2, 0) is 6.54 Å². The zero-order valence-corrected chi connectivity index (χ0v) is 20.8. The van der Waals surface area contributed by atoms with E-state index in [0.29, 0.717) is 6.04 Å². The molecule has 0 amide bonds. The van der Waals surface area contributed by atoms with E-state index in [2.05, 4.69) is 59.4 Å². The van der Waals surface area contributed by atoms with Crippen molar-refractivity contribution in [3.8, 4) is 0 Å². The summed E-state index contributed by atoms with van der Waals surface area (Å²) in [6, 6.07) is 4.80. The molecule has 3 aromatic heterocycles. The fourth-order valence-corrected chi connectivity index (χ4v) is 4.13. The van der Waals surface area contributed by atoms with Gasteiger partial charge in [-0.3, -0.25) is 0 Å². The summed E-state index contributed by atoms with van der Waals surface area (Å²) >= 11 is 1.77. The summed E-state index contributed by atoms with van der Waals surface area (Å²) in [6.07, 6.45) is 7.23. The zero-order chi connectivity index (χ0) is 23.3. The maximum Gasteiger partial charge on any atom is 0.166 e. The number of rotatable bonds is 9. The van der Waals surface area contributed by atoms with Crippen molar-refractivity contribution >= 4 is 34.7 Å².